The summed E-state index contributed by atoms with van der Waals surface area (Å²) >= 11 is 11.7. The van der Waals surface area contributed by atoms with Crippen LogP contribution in [-0.4, -0.2) is 18.5 Å². The molecule has 0 aliphatic carbocycles. The Morgan fingerprint density at radius 2 is 1.88 bits per heavy atom. The molecule has 0 saturated heterocycles. The van der Waals surface area contributed by atoms with E-state index < -0.39 is 11.9 Å². The zero-order chi connectivity index (χ0) is 12.8. The minimum Gasteiger partial charge on any atom is -0.456 e. The molecule has 0 bridgehead atoms. The smallest absolute Gasteiger partial charge is 0.306 e. The number of nitrogens with one attached hydrogen (secondary N) is 1. The average Bonchev–Trinajstić information content (AvgIpc) is 2.31. The molecule has 1 rings (SSSR count). The number of para-hydroxylation sites is 1. The van der Waals surface area contributed by atoms with Crippen molar-refractivity contribution in [1.29, 1.82) is 0 Å². The predicted molar refractivity (Wildman–Crippen MR) is 66.3 cm³/mol. The largest absolute Gasteiger partial charge is 0.456 e. The Morgan fingerprint density at radius 1 is 1.29 bits per heavy atom. The number of anilines is 1. The molecule has 1 aromatic carbocycles. The first-order valence-electron chi connectivity index (χ1n) is 4.94. The maximum absolute atomic E-state index is 11.4. The van der Waals surface area contributed by atoms with E-state index in [0.29, 0.717) is 15.7 Å². The molecule has 0 aliphatic heterocycles. The number of ether oxygens (including phenoxy) is 1. The summed E-state index contributed by atoms with van der Waals surface area (Å²) in [5.41, 5.74) is 0.313. The van der Waals surface area contributed by atoms with Gasteiger partial charge in [-0.1, -0.05) is 36.2 Å². The second kappa shape index (κ2) is 6.47. The minimum atomic E-state index is -0.484. The van der Waals surface area contributed by atoms with Crippen LogP contribution in [0.25, 0.3) is 0 Å². The van der Waals surface area contributed by atoms with E-state index in [-0.39, 0.29) is 13.0 Å². The number of halogens is 2. The molecular weight excluding hydrogens is 265 g/mol. The number of rotatable bonds is 4. The van der Waals surface area contributed by atoms with Gasteiger partial charge in [0.05, 0.1) is 15.7 Å². The third-order valence-corrected chi connectivity index (χ3v) is 2.51. The fraction of sp³-hybridized carbons (Fsp3) is 0.273. The molecule has 0 aliphatic rings. The van der Waals surface area contributed by atoms with Gasteiger partial charge in [0.1, 0.15) is 0 Å². The molecule has 0 fully saturated rings. The van der Waals surface area contributed by atoms with Crippen molar-refractivity contribution in [3.05, 3.63) is 28.2 Å². The summed E-state index contributed by atoms with van der Waals surface area (Å²) in [7, 11) is 0. The zero-order valence-electron chi connectivity index (χ0n) is 9.13. The lowest BCUT2D eigenvalue weighted by molar-refractivity contribution is -0.146. The van der Waals surface area contributed by atoms with Gasteiger partial charge in [0.25, 0.3) is 5.91 Å². The quantitative estimate of drug-likeness (QED) is 0.860. The van der Waals surface area contributed by atoms with Crippen molar-refractivity contribution in [3.8, 4) is 0 Å². The summed E-state index contributed by atoms with van der Waals surface area (Å²) < 4.78 is 4.67. The van der Waals surface area contributed by atoms with Crippen molar-refractivity contribution in [2.24, 2.45) is 0 Å². The second-order valence-electron chi connectivity index (χ2n) is 3.16. The number of benzene rings is 1. The first-order chi connectivity index (χ1) is 8.04. The molecule has 92 valence electrons. The van der Waals surface area contributed by atoms with Gasteiger partial charge in [-0.3, -0.25) is 9.59 Å². The van der Waals surface area contributed by atoms with Crippen LogP contribution in [0, 0.1) is 0 Å². The van der Waals surface area contributed by atoms with Gasteiger partial charge in [0, 0.05) is 6.42 Å². The van der Waals surface area contributed by atoms with E-state index in [1.54, 1.807) is 25.1 Å². The first kappa shape index (κ1) is 13.8. The van der Waals surface area contributed by atoms with Crippen molar-refractivity contribution in [2.75, 3.05) is 11.9 Å². The van der Waals surface area contributed by atoms with E-state index in [4.69, 9.17) is 23.2 Å². The van der Waals surface area contributed by atoms with Crippen LogP contribution < -0.4 is 5.32 Å². The zero-order valence-corrected chi connectivity index (χ0v) is 10.6. The summed E-state index contributed by atoms with van der Waals surface area (Å²) in [4.78, 5) is 22.3. The molecule has 1 N–H and O–H groups in total. The van der Waals surface area contributed by atoms with E-state index in [0.717, 1.165) is 0 Å². The van der Waals surface area contributed by atoms with Crippen molar-refractivity contribution in [1.82, 2.24) is 0 Å². The van der Waals surface area contributed by atoms with Crippen LogP contribution >= 0.6 is 23.2 Å². The molecule has 4 nitrogen and oxygen atoms in total. The average molecular weight is 276 g/mol. The van der Waals surface area contributed by atoms with Crippen molar-refractivity contribution in [2.45, 2.75) is 13.3 Å². The third kappa shape index (κ3) is 4.24. The summed E-state index contributed by atoms with van der Waals surface area (Å²) in [6, 6.07) is 4.86. The molecule has 0 unspecified atom stereocenters. The summed E-state index contributed by atoms with van der Waals surface area (Å²) in [5, 5.41) is 3.13. The first-order valence-corrected chi connectivity index (χ1v) is 5.69. The maximum atomic E-state index is 11.4. The number of amides is 1. The fourth-order valence-corrected chi connectivity index (χ4v) is 1.53. The molecule has 0 heterocycles. The summed E-state index contributed by atoms with van der Waals surface area (Å²) in [6.45, 7) is 1.29. The highest BCUT2D eigenvalue weighted by Gasteiger charge is 2.10. The lowest BCUT2D eigenvalue weighted by Gasteiger charge is -2.09. The van der Waals surface area contributed by atoms with Crippen LogP contribution in [0.2, 0.25) is 10.0 Å². The fourth-order valence-electron chi connectivity index (χ4n) is 1.04. The summed E-state index contributed by atoms with van der Waals surface area (Å²) in [6.07, 6.45) is 0.222. The van der Waals surface area contributed by atoms with Gasteiger partial charge in [0.2, 0.25) is 0 Å². The van der Waals surface area contributed by atoms with E-state index >= 15 is 0 Å². The highest BCUT2D eigenvalue weighted by atomic mass is 35.5. The Balaban J connectivity index is 2.59. The van der Waals surface area contributed by atoms with Gasteiger partial charge < -0.3 is 10.1 Å². The Hall–Kier alpha value is -1.26. The third-order valence-electron chi connectivity index (χ3n) is 1.88. The molecule has 0 aromatic heterocycles. The topological polar surface area (TPSA) is 55.4 Å². The Bertz CT molecular complexity index is 414. The molecule has 0 radical (unpaired) electrons. The molecular formula is C11H11Cl2NO3. The number of carbonyl (C=O) groups excluding carboxylic acids is 2. The van der Waals surface area contributed by atoms with E-state index in [9.17, 15) is 9.59 Å². The Labute approximate surface area is 109 Å². The maximum Gasteiger partial charge on any atom is 0.306 e. The highest BCUT2D eigenvalue weighted by molar-refractivity contribution is 6.39. The number of carbonyl (C=O) groups is 2. The Kier molecular flexibility index (Phi) is 5.25. The van der Waals surface area contributed by atoms with Gasteiger partial charge >= 0.3 is 5.97 Å². The predicted octanol–water partition coefficient (Wildman–Crippen LogP) is 2.89. The van der Waals surface area contributed by atoms with Crippen LogP contribution in [0.4, 0.5) is 5.69 Å². The number of esters is 1. The second-order valence-corrected chi connectivity index (χ2v) is 3.97. The highest BCUT2D eigenvalue weighted by Crippen LogP contribution is 2.29. The van der Waals surface area contributed by atoms with Crippen molar-refractivity contribution in [3.63, 3.8) is 0 Å². The van der Waals surface area contributed by atoms with Crippen molar-refractivity contribution >= 4 is 40.8 Å². The van der Waals surface area contributed by atoms with Crippen LogP contribution in [0.15, 0.2) is 18.2 Å². The summed E-state index contributed by atoms with van der Waals surface area (Å²) in [5.74, 6) is -0.924. The van der Waals surface area contributed by atoms with Gasteiger partial charge in [-0.2, -0.15) is 0 Å². The number of hydrogen-bond donors (Lipinski definition) is 1. The van der Waals surface area contributed by atoms with Crippen molar-refractivity contribution < 1.29 is 14.3 Å². The van der Waals surface area contributed by atoms with E-state index in [1.165, 1.54) is 0 Å². The number of hydrogen-bond acceptors (Lipinski definition) is 3. The van der Waals surface area contributed by atoms with Crippen LogP contribution in [0.5, 0.6) is 0 Å². The molecule has 1 aromatic rings. The monoisotopic (exact) mass is 275 g/mol. The molecule has 6 heteroatoms. The van der Waals surface area contributed by atoms with Gasteiger partial charge in [-0.25, -0.2) is 0 Å². The van der Waals surface area contributed by atoms with Gasteiger partial charge in [-0.15, -0.1) is 0 Å². The van der Waals surface area contributed by atoms with Crippen LogP contribution in [0.1, 0.15) is 13.3 Å². The SMILES string of the molecule is CCC(=O)OCC(=O)Nc1c(Cl)cccc1Cl. The lowest BCUT2D eigenvalue weighted by Crippen LogP contribution is -2.20. The lowest BCUT2D eigenvalue weighted by atomic mass is 10.3. The minimum absolute atomic E-state index is 0.222. The molecule has 0 atom stereocenters. The molecule has 0 saturated carbocycles. The molecule has 17 heavy (non-hydrogen) atoms. The molecule has 1 amide bonds. The molecule has 0 spiro atoms. The van der Waals surface area contributed by atoms with E-state index in [2.05, 4.69) is 10.1 Å². The standard InChI is InChI=1S/C11H11Cl2NO3/c1-2-10(16)17-6-9(15)14-11-7(12)4-3-5-8(11)13/h3-5H,2,6H2,1H3,(H,14,15). The van der Waals surface area contributed by atoms with E-state index in [1.807, 2.05) is 0 Å². The van der Waals surface area contributed by atoms with Gasteiger partial charge in [-0.05, 0) is 12.1 Å². The normalized spacial score (nSPS) is 9.82. The Morgan fingerprint density at radius 3 is 2.41 bits per heavy atom. The van der Waals surface area contributed by atoms with Gasteiger partial charge in [0.15, 0.2) is 6.61 Å². The van der Waals surface area contributed by atoms with Crippen LogP contribution in [0.3, 0.4) is 0 Å². The van der Waals surface area contributed by atoms with Crippen LogP contribution in [-0.2, 0) is 14.3 Å².